The first-order valence-corrected chi connectivity index (χ1v) is 9.32. The summed E-state index contributed by atoms with van der Waals surface area (Å²) >= 11 is 5.96. The Morgan fingerprint density at radius 3 is 2.29 bits per heavy atom. The fourth-order valence-corrected chi connectivity index (χ4v) is 3.54. The van der Waals surface area contributed by atoms with Crippen LogP contribution in [0.1, 0.15) is 44.1 Å². The molecule has 0 radical (unpaired) electrons. The van der Waals surface area contributed by atoms with Crippen molar-refractivity contribution in [2.75, 3.05) is 6.54 Å². The van der Waals surface area contributed by atoms with Gasteiger partial charge in [-0.3, -0.25) is 9.59 Å². The van der Waals surface area contributed by atoms with Gasteiger partial charge in [0, 0.05) is 29.4 Å². The predicted octanol–water partition coefficient (Wildman–Crippen LogP) is 3.08. The quantitative estimate of drug-likeness (QED) is 0.830. The monoisotopic (exact) mass is 348 g/mol. The van der Waals surface area contributed by atoms with Gasteiger partial charge < -0.3 is 10.6 Å². The number of benzene rings is 1. The number of amides is 2. The van der Waals surface area contributed by atoms with Crippen LogP contribution >= 0.6 is 11.6 Å². The summed E-state index contributed by atoms with van der Waals surface area (Å²) in [7, 11) is 0. The van der Waals surface area contributed by atoms with Gasteiger partial charge in [0.2, 0.25) is 11.8 Å². The third kappa shape index (κ3) is 4.97. The largest absolute Gasteiger partial charge is 0.356 e. The molecule has 2 saturated carbocycles. The van der Waals surface area contributed by atoms with Gasteiger partial charge in [-0.2, -0.15) is 0 Å². The van der Waals surface area contributed by atoms with E-state index in [0.29, 0.717) is 12.6 Å². The van der Waals surface area contributed by atoms with Crippen LogP contribution in [-0.2, 0) is 16.0 Å². The van der Waals surface area contributed by atoms with Crippen LogP contribution in [0.15, 0.2) is 24.3 Å². The topological polar surface area (TPSA) is 58.2 Å². The van der Waals surface area contributed by atoms with E-state index in [0.717, 1.165) is 55.5 Å². The van der Waals surface area contributed by atoms with Gasteiger partial charge in [-0.15, -0.1) is 0 Å². The SMILES string of the molecule is O=C(NCCc1cccc(Cl)c1)C1CCC(C(=O)NC2CC2)CC1. The van der Waals surface area contributed by atoms with Crippen LogP contribution in [0.4, 0.5) is 0 Å². The second kappa shape index (κ2) is 8.02. The van der Waals surface area contributed by atoms with Crippen LogP contribution in [-0.4, -0.2) is 24.4 Å². The summed E-state index contributed by atoms with van der Waals surface area (Å²) in [6.45, 7) is 0.626. The summed E-state index contributed by atoms with van der Waals surface area (Å²) in [5, 5.41) is 6.82. The minimum absolute atomic E-state index is 0.0503. The Morgan fingerprint density at radius 2 is 1.67 bits per heavy atom. The second-order valence-corrected chi connectivity index (χ2v) is 7.44. The maximum Gasteiger partial charge on any atom is 0.223 e. The Hall–Kier alpha value is -1.55. The molecule has 130 valence electrons. The van der Waals surface area contributed by atoms with E-state index in [1.807, 2.05) is 24.3 Å². The molecule has 0 spiro atoms. The number of hydrogen-bond acceptors (Lipinski definition) is 2. The first kappa shape index (κ1) is 17.3. The molecular formula is C19H25ClN2O2. The molecule has 2 aliphatic carbocycles. The Balaban J connectivity index is 1.36. The fraction of sp³-hybridized carbons (Fsp3) is 0.579. The van der Waals surface area contributed by atoms with Gasteiger partial charge in [-0.25, -0.2) is 0 Å². The molecule has 1 aromatic rings. The Labute approximate surface area is 148 Å². The summed E-state index contributed by atoms with van der Waals surface area (Å²) in [5.41, 5.74) is 1.13. The molecule has 0 unspecified atom stereocenters. The van der Waals surface area contributed by atoms with Gasteiger partial charge in [0.25, 0.3) is 0 Å². The number of carbonyl (C=O) groups excluding carboxylic acids is 2. The normalized spacial score (nSPS) is 23.5. The van der Waals surface area contributed by atoms with Crippen molar-refractivity contribution in [3.05, 3.63) is 34.9 Å². The molecule has 4 nitrogen and oxygen atoms in total. The van der Waals surface area contributed by atoms with E-state index in [-0.39, 0.29) is 23.7 Å². The number of carbonyl (C=O) groups is 2. The molecule has 0 saturated heterocycles. The second-order valence-electron chi connectivity index (χ2n) is 7.00. The lowest BCUT2D eigenvalue weighted by molar-refractivity contribution is -0.130. The highest BCUT2D eigenvalue weighted by molar-refractivity contribution is 6.30. The van der Waals surface area contributed by atoms with Crippen LogP contribution in [0.2, 0.25) is 5.02 Å². The minimum Gasteiger partial charge on any atom is -0.356 e. The molecule has 24 heavy (non-hydrogen) atoms. The zero-order valence-corrected chi connectivity index (χ0v) is 14.6. The standard InChI is InChI=1S/C19H25ClN2O2/c20-16-3-1-2-13(12-16)10-11-21-18(23)14-4-6-15(7-5-14)19(24)22-17-8-9-17/h1-3,12,14-15,17H,4-11H2,(H,21,23)(H,22,24). The molecule has 3 rings (SSSR count). The molecule has 2 N–H and O–H groups in total. The van der Waals surface area contributed by atoms with Crippen molar-refractivity contribution in [2.45, 2.75) is 51.0 Å². The van der Waals surface area contributed by atoms with Gasteiger partial charge in [0.05, 0.1) is 0 Å². The van der Waals surface area contributed by atoms with E-state index in [9.17, 15) is 9.59 Å². The minimum atomic E-state index is 0.0503. The Morgan fingerprint density at radius 1 is 1.00 bits per heavy atom. The van der Waals surface area contributed by atoms with Crippen molar-refractivity contribution >= 4 is 23.4 Å². The molecule has 1 aromatic carbocycles. The summed E-state index contributed by atoms with van der Waals surface area (Å²) in [4.78, 5) is 24.3. The van der Waals surface area contributed by atoms with Crippen molar-refractivity contribution in [2.24, 2.45) is 11.8 Å². The van der Waals surface area contributed by atoms with Gasteiger partial charge in [0.15, 0.2) is 0 Å². The van der Waals surface area contributed by atoms with Crippen LogP contribution in [0, 0.1) is 11.8 Å². The summed E-state index contributed by atoms with van der Waals surface area (Å²) in [6.07, 6.45) is 6.30. The molecular weight excluding hydrogens is 324 g/mol. The third-order valence-electron chi connectivity index (χ3n) is 4.99. The van der Waals surface area contributed by atoms with E-state index in [4.69, 9.17) is 11.6 Å². The molecule has 2 fully saturated rings. The smallest absolute Gasteiger partial charge is 0.223 e. The average Bonchev–Trinajstić information content (AvgIpc) is 3.39. The molecule has 5 heteroatoms. The van der Waals surface area contributed by atoms with E-state index in [1.165, 1.54) is 0 Å². The molecule has 0 atom stereocenters. The molecule has 0 aromatic heterocycles. The zero-order chi connectivity index (χ0) is 16.9. The third-order valence-corrected chi connectivity index (χ3v) is 5.23. The molecule has 2 amide bonds. The molecule has 0 heterocycles. The van der Waals surface area contributed by atoms with Crippen molar-refractivity contribution < 1.29 is 9.59 Å². The maximum atomic E-state index is 12.3. The van der Waals surface area contributed by atoms with E-state index >= 15 is 0 Å². The zero-order valence-electron chi connectivity index (χ0n) is 13.9. The first-order valence-electron chi connectivity index (χ1n) is 8.94. The Kier molecular flexibility index (Phi) is 5.77. The molecule has 0 aliphatic heterocycles. The lowest BCUT2D eigenvalue weighted by Gasteiger charge is -2.27. The van der Waals surface area contributed by atoms with Crippen LogP contribution in [0.25, 0.3) is 0 Å². The van der Waals surface area contributed by atoms with Gasteiger partial charge in [-0.1, -0.05) is 23.7 Å². The van der Waals surface area contributed by atoms with E-state index in [2.05, 4.69) is 10.6 Å². The highest BCUT2D eigenvalue weighted by atomic mass is 35.5. The summed E-state index contributed by atoms with van der Waals surface area (Å²) in [5.74, 6) is 0.464. The highest BCUT2D eigenvalue weighted by Gasteiger charge is 2.32. The van der Waals surface area contributed by atoms with Gasteiger partial charge in [-0.05, 0) is 62.6 Å². The van der Waals surface area contributed by atoms with Gasteiger partial charge in [0.1, 0.15) is 0 Å². The lowest BCUT2D eigenvalue weighted by atomic mass is 9.81. The van der Waals surface area contributed by atoms with Crippen molar-refractivity contribution in [1.29, 1.82) is 0 Å². The number of hydrogen-bond donors (Lipinski definition) is 2. The van der Waals surface area contributed by atoms with Crippen LogP contribution < -0.4 is 10.6 Å². The number of rotatable bonds is 6. The van der Waals surface area contributed by atoms with E-state index in [1.54, 1.807) is 0 Å². The molecule has 2 aliphatic rings. The summed E-state index contributed by atoms with van der Waals surface area (Å²) in [6, 6.07) is 8.14. The van der Waals surface area contributed by atoms with Crippen LogP contribution in [0.3, 0.4) is 0 Å². The highest BCUT2D eigenvalue weighted by Crippen LogP contribution is 2.30. The predicted molar refractivity (Wildman–Crippen MR) is 94.8 cm³/mol. The first-order chi connectivity index (χ1) is 11.6. The van der Waals surface area contributed by atoms with Crippen molar-refractivity contribution in [1.82, 2.24) is 10.6 Å². The number of nitrogens with one attached hydrogen (secondary N) is 2. The van der Waals surface area contributed by atoms with E-state index < -0.39 is 0 Å². The summed E-state index contributed by atoms with van der Waals surface area (Å²) < 4.78 is 0. The average molecular weight is 349 g/mol. The van der Waals surface area contributed by atoms with Gasteiger partial charge >= 0.3 is 0 Å². The lowest BCUT2D eigenvalue weighted by Crippen LogP contribution is -2.38. The van der Waals surface area contributed by atoms with Crippen molar-refractivity contribution in [3.8, 4) is 0 Å². The molecule has 0 bridgehead atoms. The fourth-order valence-electron chi connectivity index (χ4n) is 3.33. The number of halogens is 1. The van der Waals surface area contributed by atoms with Crippen LogP contribution in [0.5, 0.6) is 0 Å². The maximum absolute atomic E-state index is 12.3. The van der Waals surface area contributed by atoms with Crippen molar-refractivity contribution in [3.63, 3.8) is 0 Å². The Bertz CT molecular complexity index is 593.